The number of alkyl halides is 3. The molecule has 108 valence electrons. The SMILES string of the molecule is CCCNCC1CCCN(COCC(F)(F)F)C1. The minimum Gasteiger partial charge on any atom is -0.357 e. The zero-order chi connectivity index (χ0) is 13.4. The summed E-state index contributed by atoms with van der Waals surface area (Å²) in [4.78, 5) is 1.97. The molecule has 1 N–H and O–H groups in total. The van der Waals surface area contributed by atoms with Gasteiger partial charge in [0, 0.05) is 13.1 Å². The Balaban J connectivity index is 2.14. The molecule has 0 radical (unpaired) electrons. The molecule has 6 heteroatoms. The first-order chi connectivity index (χ1) is 8.51. The lowest BCUT2D eigenvalue weighted by Crippen LogP contribution is -2.41. The Morgan fingerprint density at radius 3 is 2.83 bits per heavy atom. The Kier molecular flexibility index (Phi) is 6.96. The second-order valence-corrected chi connectivity index (χ2v) is 4.88. The predicted octanol–water partition coefficient (Wildman–Crippen LogP) is 2.23. The Hall–Kier alpha value is -0.330. The number of nitrogens with one attached hydrogen (secondary N) is 1. The van der Waals surface area contributed by atoms with Crippen LogP contribution in [0.15, 0.2) is 0 Å². The van der Waals surface area contributed by atoms with Gasteiger partial charge in [0.05, 0.1) is 6.73 Å². The maximum Gasteiger partial charge on any atom is 0.411 e. The number of hydrogen-bond donors (Lipinski definition) is 1. The summed E-state index contributed by atoms with van der Waals surface area (Å²) >= 11 is 0. The number of nitrogens with zero attached hydrogens (tertiary/aromatic N) is 1. The van der Waals surface area contributed by atoms with Crippen molar-refractivity contribution in [2.45, 2.75) is 32.4 Å². The molecule has 1 unspecified atom stereocenters. The Morgan fingerprint density at radius 1 is 1.39 bits per heavy atom. The van der Waals surface area contributed by atoms with Crippen molar-refractivity contribution < 1.29 is 17.9 Å². The number of hydrogen-bond acceptors (Lipinski definition) is 3. The quantitative estimate of drug-likeness (QED) is 0.717. The van der Waals surface area contributed by atoms with Crippen LogP contribution in [0.2, 0.25) is 0 Å². The summed E-state index contributed by atoms with van der Waals surface area (Å²) in [5, 5.41) is 3.36. The fourth-order valence-corrected chi connectivity index (χ4v) is 2.21. The third-order valence-electron chi connectivity index (χ3n) is 3.00. The van der Waals surface area contributed by atoms with E-state index in [0.717, 1.165) is 45.4 Å². The van der Waals surface area contributed by atoms with E-state index >= 15 is 0 Å². The molecule has 0 aromatic heterocycles. The monoisotopic (exact) mass is 268 g/mol. The third-order valence-corrected chi connectivity index (χ3v) is 3.00. The molecule has 0 spiro atoms. The van der Waals surface area contributed by atoms with Crippen molar-refractivity contribution in [2.24, 2.45) is 5.92 Å². The molecule has 0 amide bonds. The first-order valence-corrected chi connectivity index (χ1v) is 6.59. The molecule has 0 aliphatic carbocycles. The van der Waals surface area contributed by atoms with Crippen LogP contribution in [-0.4, -0.2) is 50.6 Å². The highest BCUT2D eigenvalue weighted by Crippen LogP contribution is 2.17. The first-order valence-electron chi connectivity index (χ1n) is 6.59. The molecule has 3 nitrogen and oxygen atoms in total. The molecule has 1 saturated heterocycles. The molecule has 0 aromatic rings. The molecule has 0 aromatic carbocycles. The lowest BCUT2D eigenvalue weighted by molar-refractivity contribution is -0.184. The summed E-state index contributed by atoms with van der Waals surface area (Å²) < 4.78 is 40.5. The van der Waals surface area contributed by atoms with Gasteiger partial charge in [-0.25, -0.2) is 0 Å². The van der Waals surface area contributed by atoms with E-state index in [1.54, 1.807) is 0 Å². The normalized spacial score (nSPS) is 22.3. The minimum absolute atomic E-state index is 0.0871. The highest BCUT2D eigenvalue weighted by molar-refractivity contribution is 4.73. The minimum atomic E-state index is -4.22. The lowest BCUT2D eigenvalue weighted by Gasteiger charge is -2.32. The second kappa shape index (κ2) is 7.96. The number of ether oxygens (including phenoxy) is 1. The second-order valence-electron chi connectivity index (χ2n) is 4.88. The molecular formula is C12H23F3N2O. The zero-order valence-electron chi connectivity index (χ0n) is 10.9. The van der Waals surface area contributed by atoms with E-state index in [4.69, 9.17) is 4.74 Å². The van der Waals surface area contributed by atoms with Gasteiger partial charge in [-0.2, -0.15) is 13.2 Å². The van der Waals surface area contributed by atoms with Gasteiger partial charge in [0.1, 0.15) is 6.61 Å². The van der Waals surface area contributed by atoms with Crippen molar-refractivity contribution in [3.05, 3.63) is 0 Å². The Bertz CT molecular complexity index is 224. The van der Waals surface area contributed by atoms with Crippen molar-refractivity contribution in [1.82, 2.24) is 10.2 Å². The van der Waals surface area contributed by atoms with Crippen molar-refractivity contribution in [2.75, 3.05) is 39.5 Å². The summed E-state index contributed by atoms with van der Waals surface area (Å²) in [6, 6.07) is 0. The van der Waals surface area contributed by atoms with Crippen LogP contribution < -0.4 is 5.32 Å². The van der Waals surface area contributed by atoms with E-state index in [0.29, 0.717) is 5.92 Å². The third kappa shape index (κ3) is 7.18. The van der Waals surface area contributed by atoms with Crippen molar-refractivity contribution in [1.29, 1.82) is 0 Å². The van der Waals surface area contributed by atoms with Crippen LogP contribution >= 0.6 is 0 Å². The van der Waals surface area contributed by atoms with Crippen LogP contribution in [0.3, 0.4) is 0 Å². The number of likely N-dealkylation sites (tertiary alicyclic amines) is 1. The van der Waals surface area contributed by atoms with Gasteiger partial charge in [-0.3, -0.25) is 4.90 Å². The fourth-order valence-electron chi connectivity index (χ4n) is 2.21. The van der Waals surface area contributed by atoms with E-state index in [1.165, 1.54) is 0 Å². The van der Waals surface area contributed by atoms with E-state index in [9.17, 15) is 13.2 Å². The molecule has 1 atom stereocenters. The first kappa shape index (κ1) is 15.7. The van der Waals surface area contributed by atoms with Crippen LogP contribution in [0.4, 0.5) is 13.2 Å². The summed E-state index contributed by atoms with van der Waals surface area (Å²) in [5.41, 5.74) is 0. The average molecular weight is 268 g/mol. The largest absolute Gasteiger partial charge is 0.411 e. The van der Waals surface area contributed by atoms with Gasteiger partial charge >= 0.3 is 6.18 Å². The van der Waals surface area contributed by atoms with E-state index < -0.39 is 12.8 Å². The van der Waals surface area contributed by atoms with Crippen LogP contribution in [0, 0.1) is 5.92 Å². The van der Waals surface area contributed by atoms with Crippen LogP contribution in [0.25, 0.3) is 0 Å². The Labute approximate surface area is 107 Å². The van der Waals surface area contributed by atoms with Crippen molar-refractivity contribution >= 4 is 0 Å². The van der Waals surface area contributed by atoms with Gasteiger partial charge in [-0.05, 0) is 38.3 Å². The fraction of sp³-hybridized carbons (Fsp3) is 1.00. The smallest absolute Gasteiger partial charge is 0.357 e. The molecule has 1 fully saturated rings. The number of halogens is 3. The molecule has 1 aliphatic heterocycles. The molecule has 18 heavy (non-hydrogen) atoms. The van der Waals surface area contributed by atoms with Gasteiger partial charge in [-0.15, -0.1) is 0 Å². The molecule has 0 saturated carbocycles. The molecule has 1 rings (SSSR count). The highest BCUT2D eigenvalue weighted by atomic mass is 19.4. The topological polar surface area (TPSA) is 24.5 Å². The lowest BCUT2D eigenvalue weighted by atomic mass is 9.98. The van der Waals surface area contributed by atoms with Crippen LogP contribution in [-0.2, 0) is 4.74 Å². The predicted molar refractivity (Wildman–Crippen MR) is 64.3 cm³/mol. The summed E-state index contributed by atoms with van der Waals surface area (Å²) in [6.45, 7) is 4.67. The number of piperidine rings is 1. The van der Waals surface area contributed by atoms with Gasteiger partial charge in [0.15, 0.2) is 0 Å². The van der Waals surface area contributed by atoms with Crippen molar-refractivity contribution in [3.63, 3.8) is 0 Å². The van der Waals surface area contributed by atoms with E-state index in [2.05, 4.69) is 12.2 Å². The van der Waals surface area contributed by atoms with E-state index in [-0.39, 0.29) is 6.73 Å². The molecule has 1 heterocycles. The Morgan fingerprint density at radius 2 is 2.17 bits per heavy atom. The summed E-state index contributed by atoms with van der Waals surface area (Å²) in [6.07, 6.45) is -0.941. The standard InChI is InChI=1S/C12H23F3N2O/c1-2-5-16-7-11-4-3-6-17(8-11)10-18-9-12(13,14)15/h11,16H,2-10H2,1H3. The molecule has 0 bridgehead atoms. The van der Waals surface area contributed by atoms with Crippen molar-refractivity contribution in [3.8, 4) is 0 Å². The summed E-state index contributed by atoms with van der Waals surface area (Å²) in [5.74, 6) is 0.528. The van der Waals surface area contributed by atoms with Gasteiger partial charge < -0.3 is 10.1 Å². The van der Waals surface area contributed by atoms with E-state index in [1.807, 2.05) is 4.90 Å². The van der Waals surface area contributed by atoms with Gasteiger partial charge in [-0.1, -0.05) is 6.92 Å². The zero-order valence-corrected chi connectivity index (χ0v) is 10.9. The van der Waals surface area contributed by atoms with Gasteiger partial charge in [0.2, 0.25) is 0 Å². The molecular weight excluding hydrogens is 245 g/mol. The maximum absolute atomic E-state index is 11.9. The molecule has 1 aliphatic rings. The van der Waals surface area contributed by atoms with Gasteiger partial charge in [0.25, 0.3) is 0 Å². The van der Waals surface area contributed by atoms with Crippen LogP contribution in [0.1, 0.15) is 26.2 Å². The average Bonchev–Trinajstić information content (AvgIpc) is 2.28. The maximum atomic E-state index is 11.9. The summed E-state index contributed by atoms with van der Waals surface area (Å²) in [7, 11) is 0. The van der Waals surface area contributed by atoms with Crippen LogP contribution in [0.5, 0.6) is 0 Å². The number of rotatable bonds is 7. The highest BCUT2D eigenvalue weighted by Gasteiger charge is 2.28.